The summed E-state index contributed by atoms with van der Waals surface area (Å²) in [6.07, 6.45) is -7.83. The number of nitrogens with one attached hydrogen (secondary N) is 1. The Balaban J connectivity index is 2.39. The monoisotopic (exact) mass is 427 g/mol. The van der Waals surface area contributed by atoms with Gasteiger partial charge >= 0.3 is 6.18 Å². The van der Waals surface area contributed by atoms with Gasteiger partial charge < -0.3 is 25.0 Å². The molecule has 3 atom stereocenters. The van der Waals surface area contributed by atoms with Crippen LogP contribution in [0.2, 0.25) is 0 Å². The van der Waals surface area contributed by atoms with Gasteiger partial charge in [-0.25, -0.2) is 0 Å². The van der Waals surface area contributed by atoms with E-state index in [1.807, 2.05) is 0 Å². The molecule has 0 aliphatic carbocycles. The van der Waals surface area contributed by atoms with Gasteiger partial charge in [0.1, 0.15) is 0 Å². The largest absolute Gasteiger partial charge is 0.493 e. The number of rotatable bonds is 8. The first-order chi connectivity index (χ1) is 14.1. The summed E-state index contributed by atoms with van der Waals surface area (Å²) >= 11 is 0. The Kier molecular flexibility index (Phi) is 7.33. The lowest BCUT2D eigenvalue weighted by Crippen LogP contribution is -2.57. The van der Waals surface area contributed by atoms with Gasteiger partial charge in [0.05, 0.1) is 20.3 Å². The molecule has 2 aromatic carbocycles. The molecule has 30 heavy (non-hydrogen) atoms. The van der Waals surface area contributed by atoms with Crippen molar-refractivity contribution in [3.05, 3.63) is 59.7 Å². The molecule has 0 radical (unpaired) electrons. The minimum atomic E-state index is -5.31. The predicted octanol–water partition coefficient (Wildman–Crippen LogP) is 3.08. The minimum Gasteiger partial charge on any atom is -0.493 e. The molecule has 3 N–H and O–H groups in total. The molecule has 2 rings (SSSR count). The topological polar surface area (TPSA) is 88.0 Å². The fourth-order valence-corrected chi connectivity index (χ4v) is 3.20. The van der Waals surface area contributed by atoms with Crippen LogP contribution in [0.4, 0.5) is 13.2 Å². The van der Waals surface area contributed by atoms with Crippen molar-refractivity contribution in [1.82, 2.24) is 5.32 Å². The molecule has 0 heterocycles. The van der Waals surface area contributed by atoms with Gasteiger partial charge in [0, 0.05) is 5.56 Å². The van der Waals surface area contributed by atoms with Crippen LogP contribution in [0.15, 0.2) is 48.5 Å². The van der Waals surface area contributed by atoms with E-state index in [0.29, 0.717) is 17.1 Å². The summed E-state index contributed by atoms with van der Waals surface area (Å²) in [5.41, 5.74) is -3.97. The molecule has 0 saturated carbocycles. The second-order valence-corrected chi connectivity index (χ2v) is 6.58. The molecule has 3 unspecified atom stereocenters. The van der Waals surface area contributed by atoms with Crippen molar-refractivity contribution in [2.24, 2.45) is 0 Å². The maximum atomic E-state index is 13.7. The zero-order valence-corrected chi connectivity index (χ0v) is 16.7. The SMILES string of the molecule is CCC(NC(=O)C(O)C(O)(c1ccccc1)C(F)(F)F)c1cccc(OC)c1OC. The normalized spacial score (nSPS) is 15.6. The maximum absolute atomic E-state index is 13.7. The number of aliphatic hydroxyl groups excluding tert-OH is 1. The van der Waals surface area contributed by atoms with Crippen molar-refractivity contribution in [3.8, 4) is 11.5 Å². The summed E-state index contributed by atoms with van der Waals surface area (Å²) in [4.78, 5) is 12.6. The first kappa shape index (κ1) is 23.5. The summed E-state index contributed by atoms with van der Waals surface area (Å²) in [7, 11) is 2.82. The third-order valence-corrected chi connectivity index (χ3v) is 4.82. The van der Waals surface area contributed by atoms with Crippen LogP contribution in [-0.2, 0) is 10.4 Å². The number of amides is 1. The van der Waals surface area contributed by atoms with E-state index in [2.05, 4.69) is 5.32 Å². The molecule has 0 fully saturated rings. The lowest BCUT2D eigenvalue weighted by atomic mass is 9.86. The number of aliphatic hydroxyl groups is 2. The van der Waals surface area contributed by atoms with Gasteiger partial charge in [-0.05, 0) is 18.1 Å². The number of hydrogen-bond donors (Lipinski definition) is 3. The average molecular weight is 427 g/mol. The molecule has 1 amide bonds. The number of methoxy groups -OCH3 is 2. The van der Waals surface area contributed by atoms with Gasteiger partial charge in [0.15, 0.2) is 17.6 Å². The fraction of sp³-hybridized carbons (Fsp3) is 0.381. The zero-order chi connectivity index (χ0) is 22.5. The lowest BCUT2D eigenvalue weighted by Gasteiger charge is -2.35. The molecule has 6 nitrogen and oxygen atoms in total. The van der Waals surface area contributed by atoms with Crippen molar-refractivity contribution in [2.45, 2.75) is 37.3 Å². The number of hydrogen-bond acceptors (Lipinski definition) is 5. The molecule has 164 valence electrons. The predicted molar refractivity (Wildman–Crippen MR) is 103 cm³/mol. The first-order valence-corrected chi connectivity index (χ1v) is 9.15. The highest BCUT2D eigenvalue weighted by molar-refractivity contribution is 5.83. The Morgan fingerprint density at radius 2 is 1.70 bits per heavy atom. The van der Waals surface area contributed by atoms with Crippen LogP contribution in [0.3, 0.4) is 0 Å². The van der Waals surface area contributed by atoms with Gasteiger partial charge in [-0.1, -0.05) is 49.4 Å². The summed E-state index contributed by atoms with van der Waals surface area (Å²) in [6, 6.07) is 10.1. The van der Waals surface area contributed by atoms with Crippen LogP contribution >= 0.6 is 0 Å². The highest BCUT2D eigenvalue weighted by atomic mass is 19.4. The Bertz CT molecular complexity index is 859. The maximum Gasteiger partial charge on any atom is 0.424 e. The quantitative estimate of drug-likeness (QED) is 0.603. The highest BCUT2D eigenvalue weighted by Crippen LogP contribution is 2.42. The van der Waals surface area contributed by atoms with Crippen LogP contribution in [-0.4, -0.2) is 42.6 Å². The number of carbonyl (C=O) groups is 1. The number of halogens is 3. The average Bonchev–Trinajstić information content (AvgIpc) is 2.75. The van der Waals surface area contributed by atoms with Crippen molar-refractivity contribution >= 4 is 5.91 Å². The van der Waals surface area contributed by atoms with E-state index < -0.39 is 35.4 Å². The van der Waals surface area contributed by atoms with Gasteiger partial charge in [0.25, 0.3) is 5.91 Å². The Morgan fingerprint density at radius 1 is 1.07 bits per heavy atom. The Hall–Kier alpha value is -2.78. The van der Waals surface area contributed by atoms with Gasteiger partial charge in [-0.2, -0.15) is 13.2 Å². The van der Waals surface area contributed by atoms with E-state index in [1.165, 1.54) is 32.4 Å². The summed E-state index contributed by atoms with van der Waals surface area (Å²) < 4.78 is 51.7. The molecule has 0 aliphatic heterocycles. The fourth-order valence-electron chi connectivity index (χ4n) is 3.20. The van der Waals surface area contributed by atoms with Crippen molar-refractivity contribution in [1.29, 1.82) is 0 Å². The number of ether oxygens (including phenoxy) is 2. The number of carbonyl (C=O) groups excluding carboxylic acids is 1. The Labute approximate surface area is 172 Å². The van der Waals surface area contributed by atoms with E-state index >= 15 is 0 Å². The molecule has 2 aromatic rings. The smallest absolute Gasteiger partial charge is 0.424 e. The highest BCUT2D eigenvalue weighted by Gasteiger charge is 2.62. The van der Waals surface area contributed by atoms with Crippen molar-refractivity contribution in [3.63, 3.8) is 0 Å². The van der Waals surface area contributed by atoms with Gasteiger partial charge in [0.2, 0.25) is 5.60 Å². The van der Waals surface area contributed by atoms with Crippen molar-refractivity contribution < 1.29 is 37.7 Å². The van der Waals surface area contributed by atoms with Crippen molar-refractivity contribution in [2.75, 3.05) is 14.2 Å². The second kappa shape index (κ2) is 9.36. The van der Waals surface area contributed by atoms with Gasteiger partial charge in [-0.3, -0.25) is 4.79 Å². The van der Waals surface area contributed by atoms with Crippen LogP contribution in [0, 0.1) is 0 Å². The molecule has 0 aromatic heterocycles. The molecular weight excluding hydrogens is 403 g/mol. The second-order valence-electron chi connectivity index (χ2n) is 6.58. The molecule has 9 heteroatoms. The molecule has 0 saturated heterocycles. The Morgan fingerprint density at radius 3 is 2.20 bits per heavy atom. The summed E-state index contributed by atoms with van der Waals surface area (Å²) in [5, 5.41) is 23.1. The summed E-state index contributed by atoms with van der Waals surface area (Å²) in [5.74, 6) is -0.703. The molecule has 0 bridgehead atoms. The zero-order valence-electron chi connectivity index (χ0n) is 16.7. The number of para-hydroxylation sites is 1. The standard InChI is InChI=1S/C21H24F3NO5/c1-4-15(14-11-8-12-16(29-2)17(14)30-3)25-19(27)18(26)20(28,21(22,23)24)13-9-6-5-7-10-13/h5-12,15,18,26,28H,4H2,1-3H3,(H,25,27). The first-order valence-electron chi connectivity index (χ1n) is 9.15. The van der Waals surface area contributed by atoms with E-state index in [-0.39, 0.29) is 6.42 Å². The number of alkyl halides is 3. The third kappa shape index (κ3) is 4.36. The van der Waals surface area contributed by atoms with E-state index in [0.717, 1.165) is 12.1 Å². The summed E-state index contributed by atoms with van der Waals surface area (Å²) in [6.45, 7) is 1.70. The van der Waals surface area contributed by atoms with E-state index in [4.69, 9.17) is 9.47 Å². The van der Waals surface area contributed by atoms with Crippen LogP contribution in [0.1, 0.15) is 30.5 Å². The lowest BCUT2D eigenvalue weighted by molar-refractivity contribution is -0.293. The van der Waals surface area contributed by atoms with Gasteiger partial charge in [-0.15, -0.1) is 0 Å². The third-order valence-electron chi connectivity index (χ3n) is 4.82. The van der Waals surface area contributed by atoms with E-state index in [9.17, 15) is 28.2 Å². The molecular formula is C21H24F3NO5. The molecule has 0 spiro atoms. The van der Waals surface area contributed by atoms with Crippen LogP contribution < -0.4 is 14.8 Å². The van der Waals surface area contributed by atoms with E-state index in [1.54, 1.807) is 25.1 Å². The minimum absolute atomic E-state index is 0.276. The number of benzene rings is 2. The molecule has 0 aliphatic rings. The van der Waals surface area contributed by atoms with Crippen LogP contribution in [0.5, 0.6) is 11.5 Å². The van der Waals surface area contributed by atoms with Crippen LogP contribution in [0.25, 0.3) is 0 Å².